The number of aliphatic hydroxyl groups excluding tert-OH is 1. The summed E-state index contributed by atoms with van der Waals surface area (Å²) < 4.78 is 24.5. The number of methoxy groups -OCH3 is 1. The average Bonchev–Trinajstić information content (AvgIpc) is 3.23. The number of ether oxygens (including phenoxy) is 2. The van der Waals surface area contributed by atoms with Crippen LogP contribution in [0.3, 0.4) is 0 Å². The van der Waals surface area contributed by atoms with Gasteiger partial charge in [-0.1, -0.05) is 44.2 Å². The summed E-state index contributed by atoms with van der Waals surface area (Å²) in [6.45, 7) is 4.21. The summed E-state index contributed by atoms with van der Waals surface area (Å²) in [4.78, 5) is 25.3. The van der Waals surface area contributed by atoms with Crippen molar-refractivity contribution in [1.82, 2.24) is 0 Å². The normalized spacial score (nSPS) is 14.5. The lowest BCUT2D eigenvalue weighted by molar-refractivity contribution is -0.122. The number of carbonyl (C=O) groups is 2. The lowest BCUT2D eigenvalue weighted by Crippen LogP contribution is -2.30. The van der Waals surface area contributed by atoms with E-state index in [4.69, 9.17) is 9.47 Å². The molecule has 4 rings (SSSR count). The van der Waals surface area contributed by atoms with Crippen LogP contribution in [0.1, 0.15) is 59.8 Å². The van der Waals surface area contributed by atoms with Crippen LogP contribution >= 0.6 is 0 Å². The van der Waals surface area contributed by atoms with Crippen LogP contribution in [0.4, 0.5) is 10.1 Å². The van der Waals surface area contributed by atoms with E-state index < -0.39 is 17.4 Å². The summed E-state index contributed by atoms with van der Waals surface area (Å²) in [5.74, 6) is -0.907. The van der Waals surface area contributed by atoms with Gasteiger partial charge in [0.1, 0.15) is 18.2 Å². The Morgan fingerprint density at radius 3 is 2.62 bits per heavy atom. The molecule has 0 spiro atoms. The molecule has 0 fully saturated rings. The Hall–Kier alpha value is -3.71. The first-order valence-electron chi connectivity index (χ1n) is 12.3. The molecule has 2 N–H and O–H groups in total. The second-order valence-corrected chi connectivity index (χ2v) is 10.3. The number of rotatable bonds is 10. The van der Waals surface area contributed by atoms with Gasteiger partial charge in [0.25, 0.3) is 0 Å². The molecule has 0 aliphatic carbocycles. The van der Waals surface area contributed by atoms with E-state index in [1.165, 1.54) is 12.1 Å². The van der Waals surface area contributed by atoms with E-state index in [1.54, 1.807) is 31.4 Å². The number of nitrogens with one attached hydrogen (secondary N) is 1. The van der Waals surface area contributed by atoms with Crippen molar-refractivity contribution in [3.63, 3.8) is 0 Å². The van der Waals surface area contributed by atoms with Crippen molar-refractivity contribution in [1.29, 1.82) is 0 Å². The number of anilines is 1. The monoisotopic (exact) mass is 505 g/mol. The molecule has 2 unspecified atom stereocenters. The van der Waals surface area contributed by atoms with Crippen LogP contribution in [0.2, 0.25) is 0 Å². The van der Waals surface area contributed by atoms with E-state index >= 15 is 0 Å². The van der Waals surface area contributed by atoms with Crippen molar-refractivity contribution in [3.05, 3.63) is 94.8 Å². The second-order valence-electron chi connectivity index (χ2n) is 10.3. The number of aliphatic hydroxyl groups is 1. The van der Waals surface area contributed by atoms with Crippen LogP contribution in [-0.2, 0) is 22.6 Å². The third-order valence-corrected chi connectivity index (χ3v) is 6.72. The number of hydrogen-bond acceptors (Lipinski definition) is 5. The maximum atomic E-state index is 14.0. The van der Waals surface area contributed by atoms with Gasteiger partial charge in [-0.3, -0.25) is 4.79 Å². The molecule has 37 heavy (non-hydrogen) atoms. The second kappa shape index (κ2) is 11.1. The molecule has 3 aromatic rings. The number of amides is 1. The number of hydrogen-bond donors (Lipinski definition) is 2. The van der Waals surface area contributed by atoms with Crippen molar-refractivity contribution >= 4 is 17.6 Å². The highest BCUT2D eigenvalue weighted by atomic mass is 19.1. The molecule has 0 aromatic heterocycles. The van der Waals surface area contributed by atoms with Gasteiger partial charge in [0.2, 0.25) is 5.91 Å². The number of carbonyl (C=O) groups excluding carboxylic acids is 2. The largest absolute Gasteiger partial charge is 0.496 e. The smallest absolute Gasteiger partial charge is 0.338 e. The Kier molecular flexibility index (Phi) is 7.93. The Labute approximate surface area is 216 Å². The van der Waals surface area contributed by atoms with Gasteiger partial charge in [-0.25, -0.2) is 9.18 Å². The van der Waals surface area contributed by atoms with Crippen molar-refractivity contribution < 1.29 is 28.6 Å². The lowest BCUT2D eigenvalue weighted by Gasteiger charge is -2.31. The van der Waals surface area contributed by atoms with E-state index in [0.717, 1.165) is 16.7 Å². The summed E-state index contributed by atoms with van der Waals surface area (Å²) in [5, 5.41) is 13.9. The average molecular weight is 506 g/mol. The van der Waals surface area contributed by atoms with Gasteiger partial charge in [0.15, 0.2) is 0 Å². The Bertz CT molecular complexity index is 1270. The third kappa shape index (κ3) is 6.54. The maximum Gasteiger partial charge on any atom is 0.338 e. The highest BCUT2D eigenvalue weighted by Gasteiger charge is 2.32. The first-order chi connectivity index (χ1) is 17.6. The van der Waals surface area contributed by atoms with Crippen LogP contribution < -0.4 is 10.1 Å². The van der Waals surface area contributed by atoms with E-state index in [0.29, 0.717) is 29.8 Å². The SMILES string of the molecule is COc1ccc(F)cc1CC(C)(C)CC(CC(O)c1ccccc1)C(=O)Nc1ccc2c(c1)COC2=O. The molecular formula is C30H32FNO5. The zero-order valence-electron chi connectivity index (χ0n) is 21.3. The van der Waals surface area contributed by atoms with Gasteiger partial charge < -0.3 is 19.9 Å². The molecule has 6 nitrogen and oxygen atoms in total. The number of benzene rings is 3. The molecule has 0 saturated carbocycles. The standard InChI is InChI=1S/C30H32FNO5/c1-30(2,16-20-13-23(31)9-12-27(20)36-3)17-21(15-26(33)19-7-5-4-6-8-19)28(34)32-24-10-11-25-22(14-24)18-37-29(25)35/h4-14,21,26,33H,15-18H2,1-3H3,(H,32,34). The van der Waals surface area contributed by atoms with Crippen LogP contribution in [0.5, 0.6) is 5.75 Å². The molecule has 0 bridgehead atoms. The summed E-state index contributed by atoms with van der Waals surface area (Å²) in [5.41, 5.74) is 2.82. The van der Waals surface area contributed by atoms with Crippen molar-refractivity contribution in [3.8, 4) is 5.75 Å². The van der Waals surface area contributed by atoms with Crippen molar-refractivity contribution in [2.45, 2.75) is 45.8 Å². The minimum Gasteiger partial charge on any atom is -0.496 e. The van der Waals surface area contributed by atoms with Crippen LogP contribution in [-0.4, -0.2) is 24.1 Å². The molecule has 0 saturated heterocycles. The van der Waals surface area contributed by atoms with Crippen molar-refractivity contribution in [2.24, 2.45) is 11.3 Å². The Morgan fingerprint density at radius 2 is 1.89 bits per heavy atom. The lowest BCUT2D eigenvalue weighted by atomic mass is 9.75. The minimum atomic E-state index is -0.831. The zero-order valence-corrected chi connectivity index (χ0v) is 21.3. The fourth-order valence-electron chi connectivity index (χ4n) is 4.96. The molecular weight excluding hydrogens is 473 g/mol. The predicted molar refractivity (Wildman–Crippen MR) is 139 cm³/mol. The summed E-state index contributed by atoms with van der Waals surface area (Å²) >= 11 is 0. The molecule has 1 amide bonds. The van der Waals surface area contributed by atoms with Crippen LogP contribution in [0.15, 0.2) is 66.7 Å². The molecule has 1 heterocycles. The quantitative estimate of drug-likeness (QED) is 0.338. The van der Waals surface area contributed by atoms with Crippen LogP contribution in [0.25, 0.3) is 0 Å². The summed E-state index contributed by atoms with van der Waals surface area (Å²) in [6, 6.07) is 18.7. The fourth-order valence-corrected chi connectivity index (χ4v) is 4.96. The van der Waals surface area contributed by atoms with Gasteiger partial charge in [0, 0.05) is 17.2 Å². The molecule has 194 valence electrons. The predicted octanol–water partition coefficient (Wildman–Crippen LogP) is 5.84. The van der Waals surface area contributed by atoms with Crippen LogP contribution in [0, 0.1) is 17.2 Å². The molecule has 7 heteroatoms. The van der Waals surface area contributed by atoms with Gasteiger partial charge in [-0.05, 0) is 72.2 Å². The fraction of sp³-hybridized carbons (Fsp3) is 0.333. The first kappa shape index (κ1) is 26.4. The topological polar surface area (TPSA) is 84.9 Å². The number of cyclic esters (lactones) is 1. The Morgan fingerprint density at radius 1 is 1.14 bits per heavy atom. The Balaban J connectivity index is 1.55. The van der Waals surface area contributed by atoms with Gasteiger partial charge >= 0.3 is 5.97 Å². The third-order valence-electron chi connectivity index (χ3n) is 6.72. The van der Waals surface area contributed by atoms with E-state index in [-0.39, 0.29) is 30.7 Å². The maximum absolute atomic E-state index is 14.0. The highest BCUT2D eigenvalue weighted by molar-refractivity contribution is 5.96. The molecule has 2 atom stereocenters. The molecule has 1 aliphatic rings. The number of esters is 1. The number of fused-ring (bicyclic) bond motifs is 1. The molecule has 1 aliphatic heterocycles. The van der Waals surface area contributed by atoms with E-state index in [2.05, 4.69) is 5.32 Å². The van der Waals surface area contributed by atoms with Crippen molar-refractivity contribution in [2.75, 3.05) is 12.4 Å². The first-order valence-corrected chi connectivity index (χ1v) is 12.3. The highest BCUT2D eigenvalue weighted by Crippen LogP contribution is 2.37. The van der Waals surface area contributed by atoms with E-state index in [9.17, 15) is 19.1 Å². The summed E-state index contributed by atoms with van der Waals surface area (Å²) in [7, 11) is 1.55. The van der Waals surface area contributed by atoms with E-state index in [1.807, 2.05) is 44.2 Å². The summed E-state index contributed by atoms with van der Waals surface area (Å²) in [6.07, 6.45) is 0.306. The van der Waals surface area contributed by atoms with Gasteiger partial charge in [0.05, 0.1) is 18.8 Å². The number of halogens is 1. The minimum absolute atomic E-state index is 0.177. The van der Waals surface area contributed by atoms with Gasteiger partial charge in [-0.2, -0.15) is 0 Å². The zero-order chi connectivity index (χ0) is 26.6. The molecule has 3 aromatic carbocycles. The van der Waals surface area contributed by atoms with Gasteiger partial charge in [-0.15, -0.1) is 0 Å². The molecule has 0 radical (unpaired) electrons.